The van der Waals surface area contributed by atoms with Crippen molar-refractivity contribution in [1.82, 2.24) is 10.2 Å². The number of hydrogen-bond donors (Lipinski definition) is 1. The second-order valence-electron chi connectivity index (χ2n) is 6.10. The number of nitrogens with one attached hydrogen (secondary N) is 1. The summed E-state index contributed by atoms with van der Waals surface area (Å²) < 4.78 is 0. The van der Waals surface area contributed by atoms with Gasteiger partial charge in [-0.25, -0.2) is 0 Å². The van der Waals surface area contributed by atoms with Crippen LogP contribution >= 0.6 is 0 Å². The Hall–Kier alpha value is -2.13. The van der Waals surface area contributed by atoms with E-state index in [0.29, 0.717) is 0 Å². The van der Waals surface area contributed by atoms with Gasteiger partial charge >= 0.3 is 0 Å². The van der Waals surface area contributed by atoms with Gasteiger partial charge in [0.2, 0.25) is 5.91 Å². The smallest absolute Gasteiger partial charge is 0.240 e. The first-order valence-corrected chi connectivity index (χ1v) is 8.44. The fourth-order valence-corrected chi connectivity index (χ4v) is 3.14. The molecular weight excluding hydrogens is 284 g/mol. The highest BCUT2D eigenvalue weighted by molar-refractivity contribution is 5.83. The molecule has 1 heterocycles. The second kappa shape index (κ2) is 7.42. The molecule has 2 aromatic rings. The number of rotatable bonds is 5. The highest BCUT2D eigenvalue weighted by atomic mass is 16.2. The van der Waals surface area contributed by atoms with E-state index in [0.717, 1.165) is 32.5 Å². The van der Waals surface area contributed by atoms with E-state index >= 15 is 0 Å². The summed E-state index contributed by atoms with van der Waals surface area (Å²) in [4.78, 5) is 14.5. The molecule has 1 atom stereocenters. The summed E-state index contributed by atoms with van der Waals surface area (Å²) >= 11 is 0. The van der Waals surface area contributed by atoms with Gasteiger partial charge in [0, 0.05) is 19.6 Å². The van der Waals surface area contributed by atoms with Crippen molar-refractivity contribution in [3.63, 3.8) is 0 Å². The van der Waals surface area contributed by atoms with Gasteiger partial charge in [0.05, 0.1) is 6.04 Å². The van der Waals surface area contributed by atoms with Crippen LogP contribution in [0.1, 0.15) is 18.9 Å². The van der Waals surface area contributed by atoms with Gasteiger partial charge in [-0.05, 0) is 29.5 Å². The van der Waals surface area contributed by atoms with E-state index in [9.17, 15) is 4.79 Å². The summed E-state index contributed by atoms with van der Waals surface area (Å²) in [5, 5.41) is 3.36. The molecule has 23 heavy (non-hydrogen) atoms. The summed E-state index contributed by atoms with van der Waals surface area (Å²) in [5.41, 5.74) is 3.64. The van der Waals surface area contributed by atoms with Crippen LogP contribution in [0.5, 0.6) is 0 Å². The van der Waals surface area contributed by atoms with Gasteiger partial charge in [0.25, 0.3) is 0 Å². The number of carbonyl (C=O) groups is 1. The van der Waals surface area contributed by atoms with Gasteiger partial charge in [-0.3, -0.25) is 4.79 Å². The van der Waals surface area contributed by atoms with Crippen molar-refractivity contribution in [2.24, 2.45) is 0 Å². The minimum Gasteiger partial charge on any atom is -0.340 e. The van der Waals surface area contributed by atoms with E-state index in [2.05, 4.69) is 60.8 Å². The highest BCUT2D eigenvalue weighted by Gasteiger charge is 2.27. The van der Waals surface area contributed by atoms with E-state index < -0.39 is 0 Å². The molecule has 1 fully saturated rings. The van der Waals surface area contributed by atoms with Gasteiger partial charge in [0.15, 0.2) is 0 Å². The summed E-state index contributed by atoms with van der Waals surface area (Å²) in [7, 11) is 0. The van der Waals surface area contributed by atoms with Crippen molar-refractivity contribution in [3.8, 4) is 11.1 Å². The van der Waals surface area contributed by atoms with Crippen molar-refractivity contribution < 1.29 is 4.79 Å². The molecular formula is C20H24N2O. The van der Waals surface area contributed by atoms with Crippen LogP contribution in [0.15, 0.2) is 54.6 Å². The molecule has 1 aliphatic rings. The van der Waals surface area contributed by atoms with E-state index in [1.165, 1.54) is 16.7 Å². The molecule has 0 spiro atoms. The summed E-state index contributed by atoms with van der Waals surface area (Å²) in [5.74, 6) is 0.241. The van der Waals surface area contributed by atoms with Gasteiger partial charge in [-0.2, -0.15) is 0 Å². The Balaban J connectivity index is 1.67. The third-order valence-corrected chi connectivity index (χ3v) is 4.38. The molecule has 3 heteroatoms. The Kier molecular flexibility index (Phi) is 5.09. The van der Waals surface area contributed by atoms with E-state index in [4.69, 9.17) is 0 Å². The third kappa shape index (κ3) is 3.80. The maximum absolute atomic E-state index is 12.5. The fourth-order valence-electron chi connectivity index (χ4n) is 3.14. The number of hydrogen-bond acceptors (Lipinski definition) is 2. The van der Waals surface area contributed by atoms with Crippen molar-refractivity contribution in [2.45, 2.75) is 25.8 Å². The van der Waals surface area contributed by atoms with Gasteiger partial charge < -0.3 is 10.2 Å². The van der Waals surface area contributed by atoms with Crippen LogP contribution in [0.3, 0.4) is 0 Å². The first-order valence-electron chi connectivity index (χ1n) is 8.44. The monoisotopic (exact) mass is 308 g/mol. The van der Waals surface area contributed by atoms with Crippen LogP contribution in [0.2, 0.25) is 0 Å². The Bertz CT molecular complexity index is 634. The standard InChI is InChI=1S/C20H24N2O/c1-2-13-22-14-12-21-19(20(22)23)15-16-8-10-18(11-9-16)17-6-4-3-5-7-17/h3-11,19,21H,2,12-15H2,1H3. The average Bonchev–Trinajstić information content (AvgIpc) is 2.60. The molecule has 0 saturated carbocycles. The lowest BCUT2D eigenvalue weighted by Crippen LogP contribution is -2.55. The molecule has 3 nitrogen and oxygen atoms in total. The molecule has 1 unspecified atom stereocenters. The van der Waals surface area contributed by atoms with Gasteiger partial charge in [0.1, 0.15) is 0 Å². The summed E-state index contributed by atoms with van der Waals surface area (Å²) in [6, 6.07) is 18.8. The molecule has 1 aliphatic heterocycles. The number of carbonyl (C=O) groups excluding carboxylic acids is 1. The van der Waals surface area contributed by atoms with Crippen LogP contribution in [0, 0.1) is 0 Å². The van der Waals surface area contributed by atoms with Crippen molar-refractivity contribution in [1.29, 1.82) is 0 Å². The fraction of sp³-hybridized carbons (Fsp3) is 0.350. The SMILES string of the molecule is CCCN1CCNC(Cc2ccc(-c3ccccc3)cc2)C1=O. The molecule has 0 bridgehead atoms. The Morgan fingerprint density at radius 1 is 1.04 bits per heavy atom. The quantitative estimate of drug-likeness (QED) is 0.920. The number of amides is 1. The first kappa shape index (κ1) is 15.8. The van der Waals surface area contributed by atoms with E-state index in [1.807, 2.05) is 11.0 Å². The predicted octanol–water partition coefficient (Wildman–Crippen LogP) is 3.11. The highest BCUT2D eigenvalue weighted by Crippen LogP contribution is 2.20. The summed E-state index contributed by atoms with van der Waals surface area (Å²) in [6.45, 7) is 4.70. The van der Waals surface area contributed by atoms with Crippen LogP contribution in [0.4, 0.5) is 0 Å². The third-order valence-electron chi connectivity index (χ3n) is 4.38. The van der Waals surface area contributed by atoms with Crippen LogP contribution in [0.25, 0.3) is 11.1 Å². The lowest BCUT2D eigenvalue weighted by Gasteiger charge is -2.33. The molecule has 1 N–H and O–H groups in total. The normalized spacial score (nSPS) is 18.2. The van der Waals surface area contributed by atoms with Crippen LogP contribution in [-0.2, 0) is 11.2 Å². The molecule has 120 valence electrons. The maximum Gasteiger partial charge on any atom is 0.240 e. The second-order valence-corrected chi connectivity index (χ2v) is 6.10. The van der Waals surface area contributed by atoms with E-state index in [1.54, 1.807) is 0 Å². The molecule has 0 aliphatic carbocycles. The molecule has 0 radical (unpaired) electrons. The Morgan fingerprint density at radius 3 is 2.43 bits per heavy atom. The van der Waals surface area contributed by atoms with E-state index in [-0.39, 0.29) is 11.9 Å². The number of piperazine rings is 1. The number of nitrogens with zero attached hydrogens (tertiary/aromatic N) is 1. The Labute approximate surface area is 138 Å². The van der Waals surface area contributed by atoms with Crippen molar-refractivity contribution >= 4 is 5.91 Å². The minimum absolute atomic E-state index is 0.0853. The van der Waals surface area contributed by atoms with Crippen LogP contribution < -0.4 is 5.32 Å². The molecule has 1 saturated heterocycles. The summed E-state index contributed by atoms with van der Waals surface area (Å²) in [6.07, 6.45) is 1.78. The first-order chi connectivity index (χ1) is 11.3. The molecule has 3 rings (SSSR count). The predicted molar refractivity (Wildman–Crippen MR) is 94.2 cm³/mol. The molecule has 2 aromatic carbocycles. The Morgan fingerprint density at radius 2 is 1.74 bits per heavy atom. The zero-order valence-corrected chi connectivity index (χ0v) is 13.7. The van der Waals surface area contributed by atoms with Crippen molar-refractivity contribution in [3.05, 3.63) is 60.2 Å². The average molecular weight is 308 g/mol. The van der Waals surface area contributed by atoms with Crippen molar-refractivity contribution in [2.75, 3.05) is 19.6 Å². The lowest BCUT2D eigenvalue weighted by molar-refractivity contribution is -0.135. The minimum atomic E-state index is -0.0853. The zero-order valence-electron chi connectivity index (χ0n) is 13.7. The van der Waals surface area contributed by atoms with Gasteiger partial charge in [-0.15, -0.1) is 0 Å². The zero-order chi connectivity index (χ0) is 16.1. The molecule has 1 amide bonds. The largest absolute Gasteiger partial charge is 0.340 e. The van der Waals surface area contributed by atoms with Crippen LogP contribution in [-0.4, -0.2) is 36.5 Å². The number of benzene rings is 2. The van der Waals surface area contributed by atoms with Gasteiger partial charge in [-0.1, -0.05) is 61.5 Å². The molecule has 0 aromatic heterocycles. The maximum atomic E-state index is 12.5. The lowest BCUT2D eigenvalue weighted by atomic mass is 9.99. The topological polar surface area (TPSA) is 32.3 Å².